The van der Waals surface area contributed by atoms with Gasteiger partial charge in [0, 0.05) is 37.9 Å². The number of H-pyrrole nitrogens is 1. The van der Waals surface area contributed by atoms with Gasteiger partial charge in [0.1, 0.15) is 22.1 Å². The van der Waals surface area contributed by atoms with E-state index in [0.29, 0.717) is 11.4 Å². The molecular formula is C17H22N4O5S. The molecule has 2 heterocycles. The highest BCUT2D eigenvalue weighted by Gasteiger charge is 2.33. The third kappa shape index (κ3) is 3.76. The average Bonchev–Trinajstić information content (AvgIpc) is 3.13. The van der Waals surface area contributed by atoms with E-state index in [1.54, 1.807) is 23.1 Å². The lowest BCUT2D eigenvalue weighted by atomic mass is 10.3. The van der Waals surface area contributed by atoms with Gasteiger partial charge in [0.05, 0.1) is 14.2 Å². The number of nitrogens with one attached hydrogen (secondary N) is 1. The predicted octanol–water partition coefficient (Wildman–Crippen LogP) is 0.882. The van der Waals surface area contributed by atoms with Crippen molar-refractivity contribution >= 4 is 15.9 Å². The Bertz CT molecular complexity index is 933. The number of aromatic amines is 1. The Morgan fingerprint density at radius 3 is 2.37 bits per heavy atom. The Balaban J connectivity index is 1.76. The van der Waals surface area contributed by atoms with E-state index in [2.05, 4.69) is 10.2 Å². The number of methoxy groups -OCH3 is 2. The van der Waals surface area contributed by atoms with Crippen molar-refractivity contribution in [3.8, 4) is 11.5 Å². The molecule has 1 N–H and O–H groups in total. The van der Waals surface area contributed by atoms with Crippen molar-refractivity contribution in [3.63, 3.8) is 0 Å². The van der Waals surface area contributed by atoms with Gasteiger partial charge >= 0.3 is 0 Å². The number of hydrogen-bond donors (Lipinski definition) is 1. The molecule has 0 radical (unpaired) electrons. The van der Waals surface area contributed by atoms with Gasteiger partial charge in [-0.2, -0.15) is 9.40 Å². The van der Waals surface area contributed by atoms with E-state index in [1.807, 2.05) is 6.92 Å². The number of benzene rings is 1. The Hall–Kier alpha value is -2.59. The molecule has 1 aliphatic heterocycles. The van der Waals surface area contributed by atoms with Gasteiger partial charge in [0.15, 0.2) is 0 Å². The zero-order valence-electron chi connectivity index (χ0n) is 15.4. The van der Waals surface area contributed by atoms with E-state index in [1.165, 1.54) is 24.6 Å². The van der Waals surface area contributed by atoms with Crippen LogP contribution in [0.15, 0.2) is 29.2 Å². The van der Waals surface area contributed by atoms with Crippen LogP contribution in [0.4, 0.5) is 0 Å². The molecule has 1 aromatic carbocycles. The third-order valence-corrected chi connectivity index (χ3v) is 6.36. The number of aryl methyl sites for hydroxylation is 1. The molecule has 1 aliphatic rings. The molecule has 10 heteroatoms. The monoisotopic (exact) mass is 394 g/mol. The maximum atomic E-state index is 13.1. The van der Waals surface area contributed by atoms with Crippen molar-refractivity contribution in [2.24, 2.45) is 0 Å². The van der Waals surface area contributed by atoms with Gasteiger partial charge in [-0.1, -0.05) is 0 Å². The van der Waals surface area contributed by atoms with E-state index in [4.69, 9.17) is 9.47 Å². The van der Waals surface area contributed by atoms with Crippen molar-refractivity contribution in [1.29, 1.82) is 0 Å². The number of carbonyl (C=O) groups is 1. The quantitative estimate of drug-likeness (QED) is 0.807. The summed E-state index contributed by atoms with van der Waals surface area (Å²) in [4.78, 5) is 14.1. The molecule has 27 heavy (non-hydrogen) atoms. The molecule has 1 amide bonds. The number of sulfonamides is 1. The fourth-order valence-electron chi connectivity index (χ4n) is 2.95. The van der Waals surface area contributed by atoms with Crippen molar-refractivity contribution < 1.29 is 22.7 Å². The molecule has 1 aromatic heterocycles. The number of aromatic nitrogens is 2. The summed E-state index contributed by atoms with van der Waals surface area (Å²) in [6.45, 7) is 2.78. The maximum Gasteiger partial charge on any atom is 0.274 e. The number of hydrogen-bond acceptors (Lipinski definition) is 6. The molecule has 0 bridgehead atoms. The molecule has 3 rings (SSSR count). The number of piperazine rings is 1. The van der Waals surface area contributed by atoms with Crippen LogP contribution < -0.4 is 9.47 Å². The van der Waals surface area contributed by atoms with Gasteiger partial charge in [-0.25, -0.2) is 8.42 Å². The van der Waals surface area contributed by atoms with Crippen LogP contribution in [0, 0.1) is 6.92 Å². The second-order valence-corrected chi connectivity index (χ2v) is 8.06. The lowest BCUT2D eigenvalue weighted by Gasteiger charge is -2.33. The average molecular weight is 394 g/mol. The van der Waals surface area contributed by atoms with E-state index in [-0.39, 0.29) is 42.7 Å². The van der Waals surface area contributed by atoms with Gasteiger partial charge in [0.25, 0.3) is 5.91 Å². The molecular weight excluding hydrogens is 372 g/mol. The molecule has 9 nitrogen and oxygen atoms in total. The number of amides is 1. The van der Waals surface area contributed by atoms with Crippen molar-refractivity contribution in [2.45, 2.75) is 11.8 Å². The first-order valence-electron chi connectivity index (χ1n) is 8.40. The second kappa shape index (κ2) is 7.57. The minimum atomic E-state index is -3.78. The first-order chi connectivity index (χ1) is 12.9. The molecule has 1 fully saturated rings. The highest BCUT2D eigenvalue weighted by molar-refractivity contribution is 7.89. The van der Waals surface area contributed by atoms with Crippen LogP contribution in [0.3, 0.4) is 0 Å². The summed E-state index contributed by atoms with van der Waals surface area (Å²) in [7, 11) is -0.887. The minimum absolute atomic E-state index is 0.0482. The molecule has 0 unspecified atom stereocenters. The topological polar surface area (TPSA) is 105 Å². The van der Waals surface area contributed by atoms with Gasteiger partial charge in [0.2, 0.25) is 10.0 Å². The van der Waals surface area contributed by atoms with E-state index >= 15 is 0 Å². The van der Waals surface area contributed by atoms with Crippen LogP contribution in [0.2, 0.25) is 0 Å². The molecule has 146 valence electrons. The first-order valence-corrected chi connectivity index (χ1v) is 9.84. The predicted molar refractivity (Wildman–Crippen MR) is 97.5 cm³/mol. The zero-order valence-corrected chi connectivity index (χ0v) is 16.2. The Morgan fingerprint density at radius 1 is 1.11 bits per heavy atom. The number of nitrogens with zero attached hydrogens (tertiary/aromatic N) is 3. The summed E-state index contributed by atoms with van der Waals surface area (Å²) in [6.07, 6.45) is 0. The van der Waals surface area contributed by atoms with Crippen LogP contribution in [0.1, 0.15) is 16.2 Å². The van der Waals surface area contributed by atoms with Gasteiger partial charge < -0.3 is 14.4 Å². The van der Waals surface area contributed by atoms with E-state index in [0.717, 1.165) is 5.69 Å². The largest absolute Gasteiger partial charge is 0.497 e. The van der Waals surface area contributed by atoms with Crippen molar-refractivity contribution in [2.75, 3.05) is 40.4 Å². The number of rotatable bonds is 5. The third-order valence-electron chi connectivity index (χ3n) is 4.44. The maximum absolute atomic E-state index is 13.1. The van der Waals surface area contributed by atoms with Crippen LogP contribution in [-0.2, 0) is 10.0 Å². The van der Waals surface area contributed by atoms with Crippen molar-refractivity contribution in [1.82, 2.24) is 19.4 Å². The fourth-order valence-corrected chi connectivity index (χ4v) is 4.54. The normalized spacial score (nSPS) is 15.6. The van der Waals surface area contributed by atoms with Crippen LogP contribution in [0.25, 0.3) is 0 Å². The highest BCUT2D eigenvalue weighted by atomic mass is 32.2. The minimum Gasteiger partial charge on any atom is -0.497 e. The Kier molecular flexibility index (Phi) is 5.38. The fraction of sp³-hybridized carbons (Fsp3) is 0.412. The molecule has 0 aliphatic carbocycles. The molecule has 1 saturated heterocycles. The molecule has 0 spiro atoms. The lowest BCUT2D eigenvalue weighted by Crippen LogP contribution is -2.50. The summed E-state index contributed by atoms with van der Waals surface area (Å²) < 4.78 is 37.8. The van der Waals surface area contributed by atoms with Gasteiger partial charge in [-0.3, -0.25) is 9.89 Å². The molecule has 2 aromatic rings. The SMILES string of the molecule is COc1ccc(OC)c(S(=O)(=O)N2CCN(C(=O)c3cc(C)[nH]n3)CC2)c1. The van der Waals surface area contributed by atoms with E-state index < -0.39 is 10.0 Å². The van der Waals surface area contributed by atoms with Gasteiger partial charge in [-0.15, -0.1) is 0 Å². The zero-order chi connectivity index (χ0) is 19.6. The number of ether oxygens (including phenoxy) is 2. The summed E-state index contributed by atoms with van der Waals surface area (Å²) in [5.41, 5.74) is 1.13. The molecule has 0 saturated carbocycles. The van der Waals surface area contributed by atoms with Crippen molar-refractivity contribution in [3.05, 3.63) is 35.7 Å². The smallest absolute Gasteiger partial charge is 0.274 e. The van der Waals surface area contributed by atoms with Crippen LogP contribution in [-0.4, -0.2) is 74.1 Å². The summed E-state index contributed by atoms with van der Waals surface area (Å²) in [5.74, 6) is 0.466. The lowest BCUT2D eigenvalue weighted by molar-refractivity contribution is 0.0692. The van der Waals surface area contributed by atoms with Gasteiger partial charge in [-0.05, 0) is 25.1 Å². The highest BCUT2D eigenvalue weighted by Crippen LogP contribution is 2.31. The number of carbonyl (C=O) groups excluding carboxylic acids is 1. The van der Waals surface area contributed by atoms with Crippen LogP contribution in [0.5, 0.6) is 11.5 Å². The standard InChI is InChI=1S/C17H22N4O5S/c1-12-10-14(19-18-12)17(22)20-6-8-21(9-7-20)27(23,24)16-11-13(25-2)4-5-15(16)26-3/h4-5,10-11H,6-9H2,1-3H3,(H,18,19). The Morgan fingerprint density at radius 2 is 1.81 bits per heavy atom. The second-order valence-electron chi connectivity index (χ2n) is 6.15. The van der Waals surface area contributed by atoms with E-state index in [9.17, 15) is 13.2 Å². The van der Waals surface area contributed by atoms with Crippen LogP contribution >= 0.6 is 0 Å². The Labute approximate surface area is 157 Å². The summed E-state index contributed by atoms with van der Waals surface area (Å²) in [5, 5.41) is 6.71. The molecule has 0 atom stereocenters. The first kappa shape index (κ1) is 19.2. The summed E-state index contributed by atoms with van der Waals surface area (Å²) in [6, 6.07) is 6.32. The summed E-state index contributed by atoms with van der Waals surface area (Å²) >= 11 is 0.